The molecule has 31 heavy (non-hydrogen) atoms. The molecular formula is C26H26ClF3O. The van der Waals surface area contributed by atoms with Gasteiger partial charge in [-0.25, -0.2) is 13.2 Å². The normalized spacial score (nSPS) is 19.1. The highest BCUT2D eigenvalue weighted by Crippen LogP contribution is 2.37. The maximum absolute atomic E-state index is 15.1. The van der Waals surface area contributed by atoms with E-state index in [4.69, 9.17) is 16.3 Å². The van der Waals surface area contributed by atoms with Gasteiger partial charge in [-0.15, -0.1) is 0 Å². The Hall–Kier alpha value is -2.04. The van der Waals surface area contributed by atoms with Gasteiger partial charge in [0.2, 0.25) is 0 Å². The summed E-state index contributed by atoms with van der Waals surface area (Å²) in [6.07, 6.45) is 5.28. The van der Waals surface area contributed by atoms with Crippen LogP contribution in [0, 0.1) is 23.4 Å². The largest absolute Gasteiger partial charge is 0.384 e. The number of fused-ring (bicyclic) bond motifs is 1. The third-order valence-electron chi connectivity index (χ3n) is 6.51. The molecule has 1 aliphatic carbocycles. The van der Waals surface area contributed by atoms with Gasteiger partial charge in [0.15, 0.2) is 0 Å². The summed E-state index contributed by atoms with van der Waals surface area (Å²) in [7, 11) is 1.75. The van der Waals surface area contributed by atoms with E-state index in [9.17, 15) is 8.78 Å². The van der Waals surface area contributed by atoms with E-state index < -0.39 is 16.7 Å². The van der Waals surface area contributed by atoms with Crippen molar-refractivity contribution >= 4 is 22.4 Å². The fourth-order valence-electron chi connectivity index (χ4n) is 4.73. The smallest absolute Gasteiger partial charge is 0.145 e. The number of ether oxygens (including phenoxy) is 1. The summed E-state index contributed by atoms with van der Waals surface area (Å²) in [5, 5.41) is 0.966. The van der Waals surface area contributed by atoms with Gasteiger partial charge in [-0.2, -0.15) is 0 Å². The Morgan fingerprint density at radius 1 is 0.903 bits per heavy atom. The molecule has 0 atom stereocenters. The number of methoxy groups -OCH3 is 1. The van der Waals surface area contributed by atoms with E-state index >= 15 is 4.39 Å². The van der Waals surface area contributed by atoms with Crippen LogP contribution in [0.1, 0.15) is 48.3 Å². The molecule has 5 heteroatoms. The molecule has 1 nitrogen and oxygen atoms in total. The van der Waals surface area contributed by atoms with Crippen molar-refractivity contribution in [2.75, 3.05) is 13.7 Å². The first kappa shape index (κ1) is 22.2. The molecule has 0 radical (unpaired) electrons. The Morgan fingerprint density at radius 2 is 1.61 bits per heavy atom. The molecule has 0 bridgehead atoms. The molecule has 0 heterocycles. The lowest BCUT2D eigenvalue weighted by Gasteiger charge is -2.28. The van der Waals surface area contributed by atoms with Crippen LogP contribution in [0.5, 0.6) is 0 Å². The molecule has 1 fully saturated rings. The van der Waals surface area contributed by atoms with Gasteiger partial charge < -0.3 is 4.74 Å². The minimum Gasteiger partial charge on any atom is -0.384 e. The molecule has 0 N–H and O–H groups in total. The van der Waals surface area contributed by atoms with Gasteiger partial charge >= 0.3 is 0 Å². The highest BCUT2D eigenvalue weighted by Gasteiger charge is 2.22. The molecule has 3 aromatic carbocycles. The summed E-state index contributed by atoms with van der Waals surface area (Å²) in [6, 6.07) is 12.1. The molecule has 0 saturated heterocycles. The topological polar surface area (TPSA) is 9.23 Å². The number of hydrogen-bond donors (Lipinski definition) is 0. The highest BCUT2D eigenvalue weighted by molar-refractivity contribution is 6.30. The molecule has 0 aromatic heterocycles. The van der Waals surface area contributed by atoms with Gasteiger partial charge in [0.25, 0.3) is 0 Å². The molecule has 0 spiro atoms. The monoisotopic (exact) mass is 446 g/mol. The first-order valence-corrected chi connectivity index (χ1v) is 11.2. The molecule has 0 aliphatic heterocycles. The molecule has 1 aliphatic rings. The fraction of sp³-hybridized carbons (Fsp3) is 0.385. The van der Waals surface area contributed by atoms with Crippen LogP contribution < -0.4 is 0 Å². The highest BCUT2D eigenvalue weighted by atomic mass is 35.5. The molecule has 3 aromatic rings. The summed E-state index contributed by atoms with van der Waals surface area (Å²) < 4.78 is 47.7. The number of rotatable bonds is 6. The first-order chi connectivity index (χ1) is 15.0. The van der Waals surface area contributed by atoms with Crippen LogP contribution in [0.15, 0.2) is 42.5 Å². The average Bonchev–Trinajstić information content (AvgIpc) is 2.77. The molecular weight excluding hydrogens is 421 g/mol. The van der Waals surface area contributed by atoms with Crippen molar-refractivity contribution in [1.29, 1.82) is 0 Å². The molecule has 164 valence electrons. The van der Waals surface area contributed by atoms with E-state index in [1.54, 1.807) is 13.2 Å². The minimum absolute atomic E-state index is 0.261. The van der Waals surface area contributed by atoms with Gasteiger partial charge in [0.05, 0.1) is 0 Å². The fourth-order valence-corrected chi connectivity index (χ4v) is 4.84. The predicted octanol–water partition coefficient (Wildman–Crippen LogP) is 7.62. The molecule has 1 saturated carbocycles. The van der Waals surface area contributed by atoms with E-state index in [-0.39, 0.29) is 5.82 Å². The maximum atomic E-state index is 15.1. The van der Waals surface area contributed by atoms with E-state index in [1.165, 1.54) is 17.7 Å². The zero-order chi connectivity index (χ0) is 22.0. The summed E-state index contributed by atoms with van der Waals surface area (Å²) in [5.74, 6) is -0.694. The van der Waals surface area contributed by atoms with Crippen LogP contribution in [0.4, 0.5) is 13.2 Å². The van der Waals surface area contributed by atoms with E-state index in [2.05, 4.69) is 6.07 Å². The number of halogens is 4. The Bertz CT molecular complexity index is 1050. The van der Waals surface area contributed by atoms with Gasteiger partial charge in [-0.1, -0.05) is 41.9 Å². The van der Waals surface area contributed by atoms with Gasteiger partial charge in [-0.05, 0) is 84.6 Å². The number of hydrogen-bond acceptors (Lipinski definition) is 1. The lowest BCUT2D eigenvalue weighted by Crippen LogP contribution is -2.17. The average molecular weight is 447 g/mol. The van der Waals surface area contributed by atoms with Crippen LogP contribution in [0.2, 0.25) is 5.02 Å². The Morgan fingerprint density at radius 3 is 2.29 bits per heavy atom. The summed E-state index contributed by atoms with van der Waals surface area (Å²) in [4.78, 5) is 0. The van der Waals surface area contributed by atoms with Crippen molar-refractivity contribution in [3.63, 3.8) is 0 Å². The zero-order valence-electron chi connectivity index (χ0n) is 17.6. The van der Waals surface area contributed by atoms with Crippen LogP contribution in [-0.2, 0) is 17.6 Å². The van der Waals surface area contributed by atoms with Crippen LogP contribution in [0.25, 0.3) is 10.8 Å². The van der Waals surface area contributed by atoms with Crippen molar-refractivity contribution in [1.82, 2.24) is 0 Å². The zero-order valence-corrected chi connectivity index (χ0v) is 18.3. The SMILES string of the molecule is COCC1CCC(c2ccc3c(F)c(CCc4cc(F)c(Cl)c(F)c4)ccc3c2)CC1. The molecule has 4 rings (SSSR count). The van der Waals surface area contributed by atoms with E-state index in [1.807, 2.05) is 18.2 Å². The Kier molecular flexibility index (Phi) is 6.88. The summed E-state index contributed by atoms with van der Waals surface area (Å²) >= 11 is 5.53. The number of benzene rings is 3. The molecule has 0 unspecified atom stereocenters. The van der Waals surface area contributed by atoms with E-state index in [0.717, 1.165) is 37.7 Å². The first-order valence-electron chi connectivity index (χ1n) is 10.8. The van der Waals surface area contributed by atoms with Crippen molar-refractivity contribution in [3.8, 4) is 0 Å². The Balaban J connectivity index is 1.49. The third kappa shape index (κ3) is 4.91. The second kappa shape index (κ2) is 9.62. The van der Waals surface area contributed by atoms with Gasteiger partial charge in [0.1, 0.15) is 22.5 Å². The van der Waals surface area contributed by atoms with Crippen molar-refractivity contribution in [2.24, 2.45) is 5.92 Å². The lowest BCUT2D eigenvalue weighted by molar-refractivity contribution is 0.127. The Labute approximate surface area is 186 Å². The minimum atomic E-state index is -0.792. The lowest BCUT2D eigenvalue weighted by atomic mass is 9.78. The summed E-state index contributed by atoms with van der Waals surface area (Å²) in [5.41, 5.74) is 2.26. The van der Waals surface area contributed by atoms with Gasteiger partial charge in [0, 0.05) is 19.1 Å². The number of aryl methyl sites for hydroxylation is 2. The third-order valence-corrected chi connectivity index (χ3v) is 6.87. The second-order valence-electron chi connectivity index (χ2n) is 8.57. The standard InChI is InChI=1S/C26H26ClF3O/c1-31-15-16-2-5-18(6-3-16)20-10-11-22-21(14-20)9-8-19(26(22)30)7-4-17-12-23(28)25(27)24(29)13-17/h8-14,16,18H,2-7,15H2,1H3. The van der Waals surface area contributed by atoms with Crippen molar-refractivity contribution in [3.05, 3.63) is 81.6 Å². The quantitative estimate of drug-likeness (QED) is 0.354. The van der Waals surface area contributed by atoms with Crippen molar-refractivity contribution in [2.45, 2.75) is 44.4 Å². The van der Waals surface area contributed by atoms with E-state index in [0.29, 0.717) is 41.2 Å². The van der Waals surface area contributed by atoms with Crippen LogP contribution >= 0.6 is 11.6 Å². The second-order valence-corrected chi connectivity index (χ2v) is 8.94. The maximum Gasteiger partial charge on any atom is 0.145 e. The van der Waals surface area contributed by atoms with Crippen LogP contribution in [0.3, 0.4) is 0 Å². The van der Waals surface area contributed by atoms with Crippen molar-refractivity contribution < 1.29 is 17.9 Å². The molecule has 0 amide bonds. The predicted molar refractivity (Wildman–Crippen MR) is 119 cm³/mol. The summed E-state index contributed by atoms with van der Waals surface area (Å²) in [6.45, 7) is 0.827. The van der Waals surface area contributed by atoms with Crippen LogP contribution in [-0.4, -0.2) is 13.7 Å². The van der Waals surface area contributed by atoms with Gasteiger partial charge in [-0.3, -0.25) is 0 Å².